The van der Waals surface area contributed by atoms with Crippen LogP contribution in [0.1, 0.15) is 31.7 Å². The van der Waals surface area contributed by atoms with Crippen LogP contribution in [0.25, 0.3) is 6.08 Å². The minimum Gasteiger partial charge on any atom is -0.392 e. The molecule has 2 aliphatic rings. The molecular weight excluding hydrogens is 292 g/mol. The lowest BCUT2D eigenvalue weighted by molar-refractivity contribution is -0.209. The number of amides is 1. The van der Waals surface area contributed by atoms with E-state index in [2.05, 4.69) is 4.98 Å². The molecule has 1 amide bonds. The van der Waals surface area contributed by atoms with E-state index in [1.807, 2.05) is 24.0 Å². The molecule has 1 aliphatic heterocycles. The van der Waals surface area contributed by atoms with E-state index in [0.29, 0.717) is 19.7 Å². The fourth-order valence-electron chi connectivity index (χ4n) is 3.71. The Labute approximate surface area is 137 Å². The van der Waals surface area contributed by atoms with E-state index < -0.39 is 0 Å². The molecule has 2 fully saturated rings. The first-order valence-corrected chi connectivity index (χ1v) is 8.32. The minimum atomic E-state index is -0.290. The largest absolute Gasteiger partial charge is 0.392 e. The molecule has 124 valence electrons. The molecule has 1 aromatic heterocycles. The van der Waals surface area contributed by atoms with Crippen LogP contribution in [0.5, 0.6) is 0 Å². The average molecular weight is 316 g/mol. The molecule has 1 saturated carbocycles. The Hall–Kier alpha value is -1.72. The number of rotatable bonds is 4. The van der Waals surface area contributed by atoms with Crippen molar-refractivity contribution in [3.63, 3.8) is 0 Å². The Morgan fingerprint density at radius 1 is 1.52 bits per heavy atom. The van der Waals surface area contributed by atoms with Crippen molar-refractivity contribution in [3.8, 4) is 0 Å². The summed E-state index contributed by atoms with van der Waals surface area (Å²) >= 11 is 0. The summed E-state index contributed by atoms with van der Waals surface area (Å²) < 4.78 is 5.76. The summed E-state index contributed by atoms with van der Waals surface area (Å²) in [5.74, 6) is 0.0190. The van der Waals surface area contributed by atoms with Crippen molar-refractivity contribution >= 4 is 12.0 Å². The van der Waals surface area contributed by atoms with Crippen molar-refractivity contribution in [2.75, 3.05) is 19.7 Å². The summed E-state index contributed by atoms with van der Waals surface area (Å²) in [6, 6.07) is 3.76. The van der Waals surface area contributed by atoms with E-state index in [4.69, 9.17) is 4.74 Å². The first-order valence-electron chi connectivity index (χ1n) is 8.32. The Morgan fingerprint density at radius 2 is 2.30 bits per heavy atom. The van der Waals surface area contributed by atoms with Gasteiger partial charge in [-0.1, -0.05) is 6.07 Å². The van der Waals surface area contributed by atoms with Gasteiger partial charge in [0, 0.05) is 50.0 Å². The smallest absolute Gasteiger partial charge is 0.246 e. The second-order valence-corrected chi connectivity index (χ2v) is 6.37. The molecule has 1 aliphatic carbocycles. The average Bonchev–Trinajstić information content (AvgIpc) is 2.60. The van der Waals surface area contributed by atoms with Crippen LogP contribution < -0.4 is 0 Å². The maximum atomic E-state index is 12.3. The third-order valence-corrected chi connectivity index (χ3v) is 5.22. The summed E-state index contributed by atoms with van der Waals surface area (Å²) in [5.41, 5.74) is 0.778. The summed E-state index contributed by atoms with van der Waals surface area (Å²) in [4.78, 5) is 18.2. The van der Waals surface area contributed by atoms with Crippen LogP contribution >= 0.6 is 0 Å². The van der Waals surface area contributed by atoms with Gasteiger partial charge in [-0.05, 0) is 37.5 Å². The first kappa shape index (κ1) is 16.1. The third-order valence-electron chi connectivity index (χ3n) is 5.22. The summed E-state index contributed by atoms with van der Waals surface area (Å²) in [7, 11) is 0. The molecule has 1 saturated heterocycles. The number of aromatic nitrogens is 1. The molecule has 2 atom stereocenters. The molecule has 0 bridgehead atoms. The molecule has 2 heterocycles. The number of carbonyl (C=O) groups is 1. The molecular formula is C18H24N2O3. The molecule has 0 aromatic carbocycles. The summed E-state index contributed by atoms with van der Waals surface area (Å²) in [5, 5.41) is 10.2. The molecule has 0 radical (unpaired) electrons. The molecule has 2 unspecified atom stereocenters. The SMILES string of the molecule is CCOC1CC(O)C12CCN(C(=O)/C=C/c1cccnc1)CC2. The van der Waals surface area contributed by atoms with Crippen LogP contribution in [0.4, 0.5) is 0 Å². The highest BCUT2D eigenvalue weighted by atomic mass is 16.5. The number of hydrogen-bond acceptors (Lipinski definition) is 4. The topological polar surface area (TPSA) is 62.7 Å². The molecule has 1 spiro atoms. The maximum Gasteiger partial charge on any atom is 0.246 e. The fraction of sp³-hybridized carbons (Fsp3) is 0.556. The van der Waals surface area contributed by atoms with Crippen LogP contribution in [-0.4, -0.2) is 52.8 Å². The van der Waals surface area contributed by atoms with Gasteiger partial charge >= 0.3 is 0 Å². The number of aliphatic hydroxyl groups is 1. The fourth-order valence-corrected chi connectivity index (χ4v) is 3.71. The van der Waals surface area contributed by atoms with Gasteiger partial charge in [0.15, 0.2) is 0 Å². The van der Waals surface area contributed by atoms with Crippen molar-refractivity contribution in [1.82, 2.24) is 9.88 Å². The second kappa shape index (κ2) is 6.81. The summed E-state index contributed by atoms with van der Waals surface area (Å²) in [6.45, 7) is 4.02. The zero-order chi connectivity index (χ0) is 16.3. The molecule has 5 heteroatoms. The monoisotopic (exact) mass is 316 g/mol. The van der Waals surface area contributed by atoms with Crippen molar-refractivity contribution < 1.29 is 14.6 Å². The van der Waals surface area contributed by atoms with Gasteiger partial charge in [0.05, 0.1) is 12.2 Å². The molecule has 1 aromatic rings. The van der Waals surface area contributed by atoms with Crippen LogP contribution in [0.15, 0.2) is 30.6 Å². The number of carbonyl (C=O) groups excluding carboxylic acids is 1. The maximum absolute atomic E-state index is 12.3. The summed E-state index contributed by atoms with van der Waals surface area (Å²) in [6.07, 6.45) is 9.04. The van der Waals surface area contributed by atoms with Crippen LogP contribution in [0, 0.1) is 5.41 Å². The Morgan fingerprint density at radius 3 is 2.91 bits per heavy atom. The lowest BCUT2D eigenvalue weighted by atomic mass is 9.58. The molecule has 1 N–H and O–H groups in total. The van der Waals surface area contributed by atoms with E-state index in [1.165, 1.54) is 0 Å². The number of hydrogen-bond donors (Lipinski definition) is 1. The number of piperidine rings is 1. The highest BCUT2D eigenvalue weighted by Gasteiger charge is 2.56. The quantitative estimate of drug-likeness (QED) is 0.862. The Balaban J connectivity index is 1.56. The number of nitrogens with zero attached hydrogens (tertiary/aromatic N) is 2. The highest BCUT2D eigenvalue weighted by Crippen LogP contribution is 2.50. The van der Waals surface area contributed by atoms with Gasteiger partial charge in [0.2, 0.25) is 5.91 Å². The predicted molar refractivity (Wildman–Crippen MR) is 87.6 cm³/mol. The Bertz CT molecular complexity index is 563. The normalized spacial score (nSPS) is 26.4. The lowest BCUT2D eigenvalue weighted by Gasteiger charge is -2.56. The van der Waals surface area contributed by atoms with Crippen LogP contribution in [0.3, 0.4) is 0 Å². The van der Waals surface area contributed by atoms with Crippen LogP contribution in [-0.2, 0) is 9.53 Å². The van der Waals surface area contributed by atoms with Gasteiger partial charge in [0.25, 0.3) is 0 Å². The number of aliphatic hydroxyl groups excluding tert-OH is 1. The zero-order valence-corrected chi connectivity index (χ0v) is 13.5. The van der Waals surface area contributed by atoms with E-state index in [1.54, 1.807) is 24.5 Å². The van der Waals surface area contributed by atoms with E-state index in [-0.39, 0.29) is 23.5 Å². The number of ether oxygens (including phenoxy) is 1. The van der Waals surface area contributed by atoms with Gasteiger partial charge in [-0.25, -0.2) is 0 Å². The van der Waals surface area contributed by atoms with E-state index in [9.17, 15) is 9.90 Å². The van der Waals surface area contributed by atoms with E-state index >= 15 is 0 Å². The lowest BCUT2D eigenvalue weighted by Crippen LogP contribution is -2.62. The van der Waals surface area contributed by atoms with Crippen LogP contribution in [0.2, 0.25) is 0 Å². The van der Waals surface area contributed by atoms with Gasteiger partial charge < -0.3 is 14.7 Å². The number of pyridine rings is 1. The highest BCUT2D eigenvalue weighted by molar-refractivity contribution is 5.91. The number of likely N-dealkylation sites (tertiary alicyclic amines) is 1. The third kappa shape index (κ3) is 3.16. The van der Waals surface area contributed by atoms with Crippen molar-refractivity contribution in [2.45, 2.75) is 38.4 Å². The molecule has 23 heavy (non-hydrogen) atoms. The Kier molecular flexibility index (Phi) is 4.78. The molecule has 3 rings (SSSR count). The van der Waals surface area contributed by atoms with Crippen molar-refractivity contribution in [1.29, 1.82) is 0 Å². The zero-order valence-electron chi connectivity index (χ0n) is 13.5. The van der Waals surface area contributed by atoms with Gasteiger partial charge in [-0.15, -0.1) is 0 Å². The van der Waals surface area contributed by atoms with E-state index in [0.717, 1.165) is 24.8 Å². The second-order valence-electron chi connectivity index (χ2n) is 6.37. The molecule has 5 nitrogen and oxygen atoms in total. The van der Waals surface area contributed by atoms with Crippen molar-refractivity contribution in [3.05, 3.63) is 36.2 Å². The van der Waals surface area contributed by atoms with Gasteiger partial charge in [0.1, 0.15) is 0 Å². The van der Waals surface area contributed by atoms with Gasteiger partial charge in [-0.3, -0.25) is 9.78 Å². The van der Waals surface area contributed by atoms with Gasteiger partial charge in [-0.2, -0.15) is 0 Å². The minimum absolute atomic E-state index is 0.0190. The predicted octanol–water partition coefficient (Wildman–Crippen LogP) is 1.87. The van der Waals surface area contributed by atoms with Crippen molar-refractivity contribution in [2.24, 2.45) is 5.41 Å². The first-order chi connectivity index (χ1) is 11.2. The standard InChI is InChI=1S/C18H24N2O3/c1-2-23-16-12-15(21)18(16)7-10-20(11-8-18)17(22)6-5-14-4-3-9-19-13-14/h3-6,9,13,15-16,21H,2,7-8,10-12H2,1H3/b6-5+.